The van der Waals surface area contributed by atoms with Gasteiger partial charge < -0.3 is 29.1 Å². The largest absolute Gasteiger partial charge is 0.504 e. The van der Waals surface area contributed by atoms with Crippen LogP contribution >= 0.6 is 0 Å². The van der Waals surface area contributed by atoms with Crippen molar-refractivity contribution in [2.24, 2.45) is 16.7 Å². The van der Waals surface area contributed by atoms with Gasteiger partial charge in [-0.25, -0.2) is 9.42 Å². The first-order chi connectivity index (χ1) is 26.7. The van der Waals surface area contributed by atoms with Crippen LogP contribution in [-0.4, -0.2) is 95.4 Å². The number of hydrogen-bond acceptors (Lipinski definition) is 16. The van der Waals surface area contributed by atoms with Gasteiger partial charge in [0.25, 0.3) is 0 Å². The van der Waals surface area contributed by atoms with Gasteiger partial charge in [0.15, 0.2) is 11.3 Å². The summed E-state index contributed by atoms with van der Waals surface area (Å²) in [7, 11) is 4.94. The number of carbonyl (C=O) groups is 4. The highest BCUT2D eigenvalue weighted by atomic mass is 16.6. The molecule has 3 heterocycles. The van der Waals surface area contributed by atoms with Crippen molar-refractivity contribution in [1.29, 1.82) is 0 Å². The van der Waals surface area contributed by atoms with E-state index in [1.807, 2.05) is 4.90 Å². The number of aromatic nitrogens is 3. The molecule has 0 radical (unpaired) electrons. The van der Waals surface area contributed by atoms with Crippen LogP contribution in [0.25, 0.3) is 11.0 Å². The second-order valence-electron chi connectivity index (χ2n) is 15.1. The number of anilines is 2. The predicted octanol–water partition coefficient (Wildman–Crippen LogP) is 4.72. The number of methoxy groups -OCH3 is 1. The number of esters is 2. The van der Waals surface area contributed by atoms with Gasteiger partial charge >= 0.3 is 17.6 Å². The lowest BCUT2D eigenvalue weighted by Crippen LogP contribution is -2.57. The van der Waals surface area contributed by atoms with Gasteiger partial charge in [0.2, 0.25) is 11.3 Å². The predicted molar refractivity (Wildman–Crippen MR) is 198 cm³/mol. The molecule has 0 unspecified atom stereocenters. The van der Waals surface area contributed by atoms with E-state index in [4.69, 9.17) is 18.8 Å². The Hall–Kier alpha value is -5.97. The number of nitrogens with zero attached hydrogens (tertiary/aromatic N) is 6. The third kappa shape index (κ3) is 6.19. The molecule has 56 heavy (non-hydrogen) atoms. The molecule has 3 aromatic rings. The van der Waals surface area contributed by atoms with Crippen molar-refractivity contribution >= 4 is 51.6 Å². The summed E-state index contributed by atoms with van der Waals surface area (Å²) >= 11 is 0. The zero-order valence-electron chi connectivity index (χ0n) is 31.6. The molecule has 5 atom stereocenters. The van der Waals surface area contributed by atoms with E-state index in [1.165, 1.54) is 19.4 Å². The lowest BCUT2D eigenvalue weighted by molar-refractivity contribution is -0.383. The van der Waals surface area contributed by atoms with Crippen molar-refractivity contribution in [2.45, 2.75) is 64.6 Å². The Morgan fingerprint density at radius 2 is 1.84 bits per heavy atom. The Kier molecular flexibility index (Phi) is 9.99. The third-order valence-corrected chi connectivity index (χ3v) is 11.9. The topological polar surface area (TPSA) is 218 Å². The van der Waals surface area contributed by atoms with E-state index < -0.39 is 57.4 Å². The van der Waals surface area contributed by atoms with Crippen molar-refractivity contribution in [1.82, 2.24) is 15.3 Å². The summed E-state index contributed by atoms with van der Waals surface area (Å²) in [5.74, 6) is -3.28. The smallest absolute Gasteiger partial charge is 0.340 e. The quantitative estimate of drug-likeness (QED) is 0.0866. The van der Waals surface area contributed by atoms with E-state index in [1.54, 1.807) is 63.4 Å². The van der Waals surface area contributed by atoms with Crippen molar-refractivity contribution < 1.29 is 48.0 Å². The number of benzene rings is 1. The summed E-state index contributed by atoms with van der Waals surface area (Å²) in [5, 5.41) is 30.8. The molecule has 1 aromatic carbocycles. The van der Waals surface area contributed by atoms with Crippen LogP contribution in [0.1, 0.15) is 52.4 Å². The van der Waals surface area contributed by atoms with Gasteiger partial charge in [0.1, 0.15) is 18.0 Å². The van der Waals surface area contributed by atoms with E-state index in [-0.39, 0.29) is 65.1 Å². The first-order valence-corrected chi connectivity index (χ1v) is 18.3. The molecule has 294 valence electrons. The Morgan fingerprint density at radius 1 is 1.11 bits per heavy atom. The number of aliphatic hydroxyl groups is 1. The first kappa shape index (κ1) is 38.3. The maximum Gasteiger partial charge on any atom is 0.340 e. The number of hydrogen-bond donors (Lipinski definition) is 1. The van der Waals surface area contributed by atoms with Crippen molar-refractivity contribution in [3.05, 3.63) is 81.0 Å². The van der Waals surface area contributed by atoms with Crippen LogP contribution in [0.5, 0.6) is 0 Å². The van der Waals surface area contributed by atoms with Gasteiger partial charge in [-0.15, -0.1) is 0 Å². The molecule has 1 saturated carbocycles. The summed E-state index contributed by atoms with van der Waals surface area (Å²) in [6.45, 7) is 3.89. The molecule has 0 bridgehead atoms. The van der Waals surface area contributed by atoms with E-state index in [2.05, 4.69) is 15.3 Å². The molecular formula is C39H42N6O11. The molecule has 2 aromatic heterocycles. The number of cyclic esters (lactones) is 1. The number of Topliss-reactive ketones (excluding diaryl/α,β-unsaturated/α-hetero) is 2. The minimum atomic E-state index is -1.39. The van der Waals surface area contributed by atoms with Crippen molar-refractivity contribution in [3.8, 4) is 0 Å². The lowest BCUT2D eigenvalue weighted by atomic mass is 9.53. The second-order valence-corrected chi connectivity index (χ2v) is 15.1. The number of ketones is 2. The number of rotatable bonds is 12. The first-order valence-electron chi connectivity index (χ1n) is 18.3. The number of unbranched alkanes of at least 4 members (excludes halogenated alkanes) is 1. The fourth-order valence-electron chi connectivity index (χ4n) is 8.98. The highest BCUT2D eigenvalue weighted by molar-refractivity contribution is 6.14. The van der Waals surface area contributed by atoms with Crippen LogP contribution in [0.2, 0.25) is 0 Å². The van der Waals surface area contributed by atoms with Crippen LogP contribution in [0.4, 0.5) is 17.1 Å². The average molecular weight is 771 g/mol. The summed E-state index contributed by atoms with van der Waals surface area (Å²) in [5.41, 5.74) is -0.526. The number of nitro benzene ring substituents is 1. The van der Waals surface area contributed by atoms with Crippen LogP contribution in [0, 0.1) is 26.9 Å². The van der Waals surface area contributed by atoms with Crippen LogP contribution < -0.4 is 9.80 Å². The summed E-state index contributed by atoms with van der Waals surface area (Å²) in [4.78, 5) is 73.8. The summed E-state index contributed by atoms with van der Waals surface area (Å²) in [6, 6.07) is 6.36. The molecule has 0 spiro atoms. The molecular weight excluding hydrogens is 728 g/mol. The SMILES string of the molecule is COC[C@H]1OC(=O)/C(=C\N(C)c2ccncc2)C2=C(O)C(=O)C3=C([C@H](OC(=O)CCCCN(C)c4ccc([N+](=O)[O-])c5nonc45)C[C@]4(C)C(=O)CC[C@@H]34)[C@]21C. The van der Waals surface area contributed by atoms with Gasteiger partial charge in [0, 0.05) is 99.8 Å². The van der Waals surface area contributed by atoms with Crippen LogP contribution in [-0.2, 0) is 33.4 Å². The van der Waals surface area contributed by atoms with Gasteiger partial charge in [0.05, 0.1) is 28.2 Å². The van der Waals surface area contributed by atoms with Gasteiger partial charge in [-0.1, -0.05) is 6.92 Å². The molecule has 1 N–H and O–H groups in total. The molecule has 3 aliphatic carbocycles. The number of carbonyl (C=O) groups excluding carboxylic acids is 4. The third-order valence-electron chi connectivity index (χ3n) is 11.9. The van der Waals surface area contributed by atoms with Gasteiger partial charge in [-0.2, -0.15) is 0 Å². The lowest BCUT2D eigenvalue weighted by Gasteiger charge is -2.53. The van der Waals surface area contributed by atoms with Crippen molar-refractivity contribution in [2.75, 3.05) is 44.2 Å². The minimum Gasteiger partial charge on any atom is -0.504 e. The monoisotopic (exact) mass is 770 g/mol. The van der Waals surface area contributed by atoms with Crippen molar-refractivity contribution in [3.63, 3.8) is 0 Å². The Labute approximate surface area is 321 Å². The summed E-state index contributed by atoms with van der Waals surface area (Å²) in [6.07, 6.45) is 4.20. The molecule has 4 aliphatic rings. The molecule has 0 amide bonds. The highest BCUT2D eigenvalue weighted by Crippen LogP contribution is 2.62. The van der Waals surface area contributed by atoms with Gasteiger partial charge in [-0.3, -0.25) is 29.5 Å². The zero-order valence-corrected chi connectivity index (χ0v) is 31.6. The second kappa shape index (κ2) is 14.6. The zero-order chi connectivity index (χ0) is 40.1. The average Bonchev–Trinajstić information content (AvgIpc) is 3.78. The minimum absolute atomic E-state index is 0.000790. The highest BCUT2D eigenvalue weighted by Gasteiger charge is 2.64. The number of fused-ring (bicyclic) bond motifs is 5. The fourth-order valence-corrected chi connectivity index (χ4v) is 8.98. The Balaban J connectivity index is 1.18. The number of non-ortho nitro benzene ring substituents is 1. The van der Waals surface area contributed by atoms with E-state index >= 15 is 0 Å². The molecule has 7 rings (SSSR count). The summed E-state index contributed by atoms with van der Waals surface area (Å²) < 4.78 is 22.6. The van der Waals surface area contributed by atoms with E-state index in [0.717, 1.165) is 0 Å². The Morgan fingerprint density at radius 3 is 2.55 bits per heavy atom. The van der Waals surface area contributed by atoms with Crippen LogP contribution in [0.3, 0.4) is 0 Å². The normalized spacial score (nSPS) is 26.6. The molecule has 17 heteroatoms. The molecule has 2 fully saturated rings. The molecule has 1 saturated heterocycles. The fraction of sp³-hybridized carbons (Fsp3) is 0.462. The maximum absolute atomic E-state index is 14.5. The molecule has 17 nitrogen and oxygen atoms in total. The standard InChI is InChI=1S/C39H42N6O11/c1-38-18-26(54-29(47)8-6-7-17-43(3)24-10-11-25(45(51)52)34-33(24)41-56-42-34)32-30(23(38)9-12-27(38)46)35(48)36(49)31-22(19-44(4)21-13-15-40-16-14-21)37(50)55-28(20-53-5)39(31,32)2/h10-11,13-16,19,23,26,28,49H,6-9,12,17-18,20H2,1-5H3/b22-19-/t23-,26+,28+,38-,39-/m0/s1. The van der Waals surface area contributed by atoms with E-state index in [0.29, 0.717) is 42.8 Å². The molecule has 1 aliphatic heterocycles. The van der Waals surface area contributed by atoms with Gasteiger partial charge in [-0.05, 0) is 60.3 Å². The number of pyridine rings is 1. The number of ether oxygens (including phenoxy) is 3. The number of nitro groups is 1. The van der Waals surface area contributed by atoms with E-state index in [9.17, 15) is 34.4 Å². The maximum atomic E-state index is 14.5. The number of aliphatic hydroxyl groups excluding tert-OH is 1. The Bertz CT molecular complexity index is 2230. The number of allylic oxidation sites excluding steroid dienone is 1. The van der Waals surface area contributed by atoms with Crippen LogP contribution in [0.15, 0.2) is 75.5 Å².